The van der Waals surface area contributed by atoms with Gasteiger partial charge in [-0.1, -0.05) is 6.07 Å². The Morgan fingerprint density at radius 2 is 2.00 bits per heavy atom. The summed E-state index contributed by atoms with van der Waals surface area (Å²) < 4.78 is 50.8. The first kappa shape index (κ1) is 22.2. The van der Waals surface area contributed by atoms with Gasteiger partial charge in [0.25, 0.3) is 0 Å². The summed E-state index contributed by atoms with van der Waals surface area (Å²) >= 11 is 0. The molecule has 8 nitrogen and oxygen atoms in total. The molecule has 0 spiro atoms. The van der Waals surface area contributed by atoms with Gasteiger partial charge in [0.05, 0.1) is 17.5 Å². The van der Waals surface area contributed by atoms with Crippen molar-refractivity contribution < 1.29 is 32.2 Å². The normalized spacial score (nSPS) is 21.3. The lowest BCUT2D eigenvalue weighted by atomic mass is 10.1. The summed E-state index contributed by atoms with van der Waals surface area (Å²) in [5, 5.41) is 7.96. The van der Waals surface area contributed by atoms with Crippen molar-refractivity contribution in [1.29, 1.82) is 0 Å². The third-order valence-corrected chi connectivity index (χ3v) is 6.40. The number of benzene rings is 2. The Bertz CT molecular complexity index is 1390. The quantitative estimate of drug-likeness (QED) is 0.481. The van der Waals surface area contributed by atoms with Crippen LogP contribution in [0.15, 0.2) is 54.7 Å². The van der Waals surface area contributed by atoms with E-state index in [9.17, 15) is 22.8 Å². The fraction of sp³-hybridized carbons (Fsp3) is 0.240. The molecule has 0 radical (unpaired) electrons. The maximum Gasteiger partial charge on any atom is 0.416 e. The van der Waals surface area contributed by atoms with E-state index in [1.165, 1.54) is 12.1 Å². The lowest BCUT2D eigenvalue weighted by Crippen LogP contribution is -2.34. The average molecular weight is 496 g/mol. The maximum atomic E-state index is 12.9. The molecule has 36 heavy (non-hydrogen) atoms. The van der Waals surface area contributed by atoms with Crippen LogP contribution in [0, 0.1) is 0 Å². The van der Waals surface area contributed by atoms with Crippen molar-refractivity contribution >= 4 is 23.4 Å². The number of alkyl halides is 3. The molecule has 3 atom stereocenters. The summed E-state index contributed by atoms with van der Waals surface area (Å²) in [4.78, 5) is 28.3. The predicted molar refractivity (Wildman–Crippen MR) is 122 cm³/mol. The van der Waals surface area contributed by atoms with Crippen LogP contribution < -0.4 is 25.4 Å². The summed E-state index contributed by atoms with van der Waals surface area (Å²) in [6.45, 7) is 0. The summed E-state index contributed by atoms with van der Waals surface area (Å²) in [7, 11) is 0. The number of nitrogens with zero attached hydrogens (tertiary/aromatic N) is 1. The lowest BCUT2D eigenvalue weighted by Gasteiger charge is -2.19. The summed E-state index contributed by atoms with van der Waals surface area (Å²) in [6, 6.07) is 10.7. The highest BCUT2D eigenvalue weighted by atomic mass is 19.4. The number of halogens is 3. The number of urea groups is 1. The molecule has 3 unspecified atom stereocenters. The molecule has 0 saturated heterocycles. The van der Waals surface area contributed by atoms with Crippen molar-refractivity contribution in [2.45, 2.75) is 37.1 Å². The molecule has 3 N–H and O–H groups in total. The lowest BCUT2D eigenvalue weighted by molar-refractivity contribution is -0.137. The van der Waals surface area contributed by atoms with Gasteiger partial charge in [-0.3, -0.25) is 4.79 Å². The second kappa shape index (κ2) is 8.14. The van der Waals surface area contributed by atoms with Crippen LogP contribution in [0.5, 0.6) is 17.2 Å². The molecule has 3 aromatic rings. The van der Waals surface area contributed by atoms with Gasteiger partial charge in [0, 0.05) is 29.4 Å². The molecule has 11 heteroatoms. The molecule has 2 aromatic carbocycles. The molecule has 2 aliphatic heterocycles. The van der Waals surface area contributed by atoms with Gasteiger partial charge < -0.3 is 25.4 Å². The zero-order valence-corrected chi connectivity index (χ0v) is 18.6. The minimum absolute atomic E-state index is 0.0435. The molecule has 1 aliphatic carbocycles. The Hall–Kier alpha value is -4.28. The largest absolute Gasteiger partial charge is 0.487 e. The van der Waals surface area contributed by atoms with Crippen molar-refractivity contribution in [3.05, 3.63) is 71.4 Å². The van der Waals surface area contributed by atoms with Gasteiger partial charge in [0.2, 0.25) is 5.91 Å². The first-order chi connectivity index (χ1) is 17.3. The van der Waals surface area contributed by atoms with Crippen LogP contribution in [-0.2, 0) is 17.4 Å². The number of carbonyl (C=O) groups excluding carboxylic acids is 2. The van der Waals surface area contributed by atoms with Crippen molar-refractivity contribution in [2.24, 2.45) is 0 Å². The second-order valence-corrected chi connectivity index (χ2v) is 8.80. The van der Waals surface area contributed by atoms with Gasteiger partial charge in [-0.2, -0.15) is 13.2 Å². The number of rotatable bonds is 4. The van der Waals surface area contributed by atoms with Gasteiger partial charge >= 0.3 is 12.2 Å². The van der Waals surface area contributed by atoms with Crippen LogP contribution in [0.1, 0.15) is 29.0 Å². The molecule has 184 valence electrons. The minimum atomic E-state index is -4.50. The number of carbonyl (C=O) groups is 2. The number of anilines is 2. The summed E-state index contributed by atoms with van der Waals surface area (Å²) in [6.07, 6.45) is -2.31. The van der Waals surface area contributed by atoms with Crippen LogP contribution in [0.4, 0.5) is 29.5 Å². The van der Waals surface area contributed by atoms with Crippen molar-refractivity contribution in [3.63, 3.8) is 0 Å². The molecular weight excluding hydrogens is 477 g/mol. The number of amides is 3. The summed E-state index contributed by atoms with van der Waals surface area (Å²) in [5.41, 5.74) is 0.898. The van der Waals surface area contributed by atoms with Crippen LogP contribution in [0.2, 0.25) is 0 Å². The van der Waals surface area contributed by atoms with E-state index in [1.807, 2.05) is 6.07 Å². The first-order valence-electron chi connectivity index (χ1n) is 11.3. The van der Waals surface area contributed by atoms with E-state index in [-0.39, 0.29) is 29.7 Å². The Morgan fingerprint density at radius 1 is 1.14 bits per heavy atom. The van der Waals surface area contributed by atoms with Gasteiger partial charge in [-0.15, -0.1) is 0 Å². The number of hydrogen-bond acceptors (Lipinski definition) is 5. The Balaban J connectivity index is 1.13. The topological polar surface area (TPSA) is 102 Å². The molecule has 3 amide bonds. The zero-order valence-electron chi connectivity index (χ0n) is 18.6. The van der Waals surface area contributed by atoms with Crippen molar-refractivity contribution in [3.8, 4) is 17.2 Å². The van der Waals surface area contributed by atoms with E-state index in [4.69, 9.17) is 9.47 Å². The molecule has 1 saturated carbocycles. The number of hydrogen-bond donors (Lipinski definition) is 3. The predicted octanol–water partition coefficient (Wildman–Crippen LogP) is 4.83. The number of ether oxygens (including phenoxy) is 2. The Labute approximate surface area is 202 Å². The van der Waals surface area contributed by atoms with E-state index >= 15 is 0 Å². The Morgan fingerprint density at radius 3 is 2.83 bits per heavy atom. The molecule has 3 heterocycles. The monoisotopic (exact) mass is 496 g/mol. The highest BCUT2D eigenvalue weighted by Crippen LogP contribution is 2.54. The molecular formula is C25H19F3N4O4. The number of pyridine rings is 1. The highest BCUT2D eigenvalue weighted by Gasteiger charge is 2.59. The highest BCUT2D eigenvalue weighted by molar-refractivity contribution is 5.93. The first-order valence-corrected chi connectivity index (χ1v) is 11.3. The molecule has 3 aliphatic rings. The standard InChI is InChI=1S/C25H19F3N4O4/c26-25(27,28)12-2-1-3-13(10-12)30-24(34)32-21-20-16-11-14(4-6-17(16)36-22(20)21)35-18-8-9-29-23-15(18)5-7-19(33)31-23/h1-4,6,8-11,20-22H,5,7H2,(H,29,31,33)(H2,30,32,34). The fourth-order valence-electron chi connectivity index (χ4n) is 4.65. The van der Waals surface area contributed by atoms with Gasteiger partial charge in [-0.05, 0) is 48.9 Å². The number of aromatic nitrogens is 1. The summed E-state index contributed by atoms with van der Waals surface area (Å²) in [5.74, 6) is 2.17. The van der Waals surface area contributed by atoms with Crippen LogP contribution in [-0.4, -0.2) is 29.1 Å². The Kier molecular flexibility index (Phi) is 5.02. The molecule has 1 aromatic heterocycles. The van der Waals surface area contributed by atoms with Gasteiger partial charge in [-0.25, -0.2) is 9.78 Å². The third kappa shape index (κ3) is 4.06. The molecule has 6 rings (SSSR count). The van der Waals surface area contributed by atoms with E-state index in [0.717, 1.165) is 23.3 Å². The zero-order chi connectivity index (χ0) is 25.0. The van der Waals surface area contributed by atoms with Crippen LogP contribution in [0.3, 0.4) is 0 Å². The maximum absolute atomic E-state index is 12.9. The van der Waals surface area contributed by atoms with Gasteiger partial charge in [0.15, 0.2) is 0 Å². The minimum Gasteiger partial charge on any atom is -0.487 e. The number of nitrogens with one attached hydrogen (secondary N) is 3. The van der Waals surface area contributed by atoms with E-state index in [0.29, 0.717) is 35.9 Å². The van der Waals surface area contributed by atoms with Crippen LogP contribution >= 0.6 is 0 Å². The van der Waals surface area contributed by atoms with Crippen molar-refractivity contribution in [1.82, 2.24) is 10.3 Å². The second-order valence-electron chi connectivity index (χ2n) is 8.80. The fourth-order valence-corrected chi connectivity index (χ4v) is 4.65. The SMILES string of the molecule is O=C1CCc2c(Oc3ccc4c(c3)C3C(NC(=O)Nc5cccc(C(F)(F)F)c5)C3O4)ccnc2N1. The smallest absolute Gasteiger partial charge is 0.416 e. The van der Waals surface area contributed by atoms with E-state index < -0.39 is 17.8 Å². The molecule has 1 fully saturated rings. The van der Waals surface area contributed by atoms with E-state index in [1.54, 1.807) is 24.4 Å². The third-order valence-electron chi connectivity index (χ3n) is 6.40. The van der Waals surface area contributed by atoms with Crippen molar-refractivity contribution in [2.75, 3.05) is 10.6 Å². The number of fused-ring (bicyclic) bond motifs is 4. The van der Waals surface area contributed by atoms with Gasteiger partial charge in [0.1, 0.15) is 29.2 Å². The van der Waals surface area contributed by atoms with Crippen LogP contribution in [0.25, 0.3) is 0 Å². The average Bonchev–Trinajstić information content (AvgIpc) is 3.34. The molecule has 0 bridgehead atoms. The van der Waals surface area contributed by atoms with E-state index in [2.05, 4.69) is 20.9 Å².